The van der Waals surface area contributed by atoms with Crippen molar-refractivity contribution in [1.82, 2.24) is 52.3 Å². The zero-order valence-electron chi connectivity index (χ0n) is 44.0. The quantitative estimate of drug-likeness (QED) is 0.0662. The van der Waals surface area contributed by atoms with Crippen LogP contribution in [0.1, 0.15) is 60.8 Å². The Morgan fingerprint density at radius 3 is 1.33 bits per heavy atom. The molecule has 0 bridgehead atoms. The van der Waals surface area contributed by atoms with Gasteiger partial charge in [-0.2, -0.15) is 0 Å². The lowest BCUT2D eigenvalue weighted by atomic mass is 10.0. The maximum atomic E-state index is 14.2. The van der Waals surface area contributed by atoms with E-state index in [2.05, 4.69) is 42.5 Å². The molecule has 0 unspecified atom stereocenters. The van der Waals surface area contributed by atoms with E-state index in [4.69, 9.17) is 9.47 Å². The highest BCUT2D eigenvalue weighted by Gasteiger charge is 2.31. The number of rotatable bonds is 18. The van der Waals surface area contributed by atoms with E-state index >= 15 is 0 Å². The molecule has 1 saturated heterocycles. The third-order valence-electron chi connectivity index (χ3n) is 12.4. The number of unbranched alkanes of at least 4 members (excludes halogenated alkanes) is 2. The van der Waals surface area contributed by atoms with Gasteiger partial charge in [0.2, 0.25) is 47.3 Å². The Bertz CT molecular complexity index is 2610. The fraction of sp³-hybridized carbons (Fsp3) is 0.393. The third kappa shape index (κ3) is 22.2. The van der Waals surface area contributed by atoms with Crippen molar-refractivity contribution in [2.45, 2.75) is 88.7 Å². The number of hydrogen-bond acceptors (Lipinski definition) is 12. The molecular weight excluding hydrogens is 1000 g/mol. The topological polar surface area (TPSA) is 292 Å². The van der Waals surface area contributed by atoms with Crippen molar-refractivity contribution in [3.8, 4) is 0 Å². The van der Waals surface area contributed by atoms with Crippen LogP contribution in [0.4, 0.5) is 9.59 Å². The number of carbonyl (C=O) groups is 10. The molecule has 22 heteroatoms. The Labute approximate surface area is 453 Å². The predicted octanol–water partition coefficient (Wildman–Crippen LogP) is 1.77. The van der Waals surface area contributed by atoms with Gasteiger partial charge in [0.1, 0.15) is 37.4 Å². The van der Waals surface area contributed by atoms with Gasteiger partial charge in [0.15, 0.2) is 0 Å². The minimum Gasteiger partial charge on any atom is -0.445 e. The van der Waals surface area contributed by atoms with E-state index in [1.165, 1.54) is 14.1 Å². The summed E-state index contributed by atoms with van der Waals surface area (Å²) in [5, 5.41) is 21.2. The molecular formula is C56H70N10O12. The minimum atomic E-state index is -1.29. The van der Waals surface area contributed by atoms with E-state index < -0.39 is 110 Å². The average Bonchev–Trinajstić information content (AvgIpc) is 3.44. The summed E-state index contributed by atoms with van der Waals surface area (Å²) in [5.74, 6) is -5.85. The number of ether oxygens (including phenoxy) is 2. The minimum absolute atomic E-state index is 0.00143. The highest BCUT2D eigenvalue weighted by Crippen LogP contribution is 2.10. The van der Waals surface area contributed by atoms with Gasteiger partial charge in [0, 0.05) is 40.0 Å². The number of hydrogen-bond donors (Lipinski definition) is 8. The molecule has 0 spiro atoms. The van der Waals surface area contributed by atoms with Crippen molar-refractivity contribution in [3.05, 3.63) is 144 Å². The summed E-state index contributed by atoms with van der Waals surface area (Å²) in [6.45, 7) is -1.81. The first-order chi connectivity index (χ1) is 37.6. The lowest BCUT2D eigenvalue weighted by Crippen LogP contribution is -2.58. The lowest BCUT2D eigenvalue weighted by molar-refractivity contribution is -0.141. The number of carbonyl (C=O) groups excluding carboxylic acids is 10. The van der Waals surface area contributed by atoms with Gasteiger partial charge in [0.25, 0.3) is 0 Å². The normalized spacial score (nSPS) is 18.6. The fourth-order valence-corrected chi connectivity index (χ4v) is 7.99. The molecule has 10 amide bonds. The molecule has 0 radical (unpaired) electrons. The Hall–Kier alpha value is -8.82. The molecule has 22 nitrogen and oxygen atoms in total. The van der Waals surface area contributed by atoms with Gasteiger partial charge in [-0.3, -0.25) is 38.4 Å². The van der Waals surface area contributed by atoms with Crippen LogP contribution in [0.15, 0.2) is 121 Å². The molecule has 5 rings (SSSR count). The maximum Gasteiger partial charge on any atom is 0.407 e. The summed E-state index contributed by atoms with van der Waals surface area (Å²) in [6, 6.07) is 30.7. The Morgan fingerprint density at radius 2 is 0.833 bits per heavy atom. The summed E-state index contributed by atoms with van der Waals surface area (Å²) in [4.78, 5) is 137. The van der Waals surface area contributed by atoms with Gasteiger partial charge < -0.3 is 61.8 Å². The molecule has 416 valence electrons. The van der Waals surface area contributed by atoms with Crippen LogP contribution in [0.5, 0.6) is 0 Å². The predicted molar refractivity (Wildman–Crippen MR) is 286 cm³/mol. The van der Waals surface area contributed by atoms with Crippen molar-refractivity contribution in [2.24, 2.45) is 0 Å². The van der Waals surface area contributed by atoms with Crippen LogP contribution >= 0.6 is 0 Å². The Morgan fingerprint density at radius 1 is 0.449 bits per heavy atom. The van der Waals surface area contributed by atoms with Gasteiger partial charge in [-0.15, -0.1) is 0 Å². The third-order valence-corrected chi connectivity index (χ3v) is 12.4. The van der Waals surface area contributed by atoms with Crippen LogP contribution < -0.4 is 42.5 Å². The van der Waals surface area contributed by atoms with Gasteiger partial charge >= 0.3 is 12.2 Å². The molecule has 0 aliphatic carbocycles. The maximum absolute atomic E-state index is 14.2. The van der Waals surface area contributed by atoms with Gasteiger partial charge in [-0.05, 0) is 60.8 Å². The molecule has 4 atom stereocenters. The van der Waals surface area contributed by atoms with E-state index in [1.807, 2.05) is 60.7 Å². The lowest BCUT2D eigenvalue weighted by Gasteiger charge is -2.26. The molecule has 1 aliphatic heterocycles. The molecule has 0 saturated carbocycles. The van der Waals surface area contributed by atoms with E-state index in [-0.39, 0.29) is 64.8 Å². The van der Waals surface area contributed by atoms with Crippen molar-refractivity contribution in [2.75, 3.05) is 53.4 Å². The van der Waals surface area contributed by atoms with Crippen molar-refractivity contribution in [1.29, 1.82) is 0 Å². The average molecular weight is 1080 g/mol. The van der Waals surface area contributed by atoms with Crippen molar-refractivity contribution >= 4 is 59.4 Å². The molecule has 0 aromatic heterocycles. The molecule has 78 heavy (non-hydrogen) atoms. The monoisotopic (exact) mass is 1070 g/mol. The number of benzene rings is 4. The van der Waals surface area contributed by atoms with Crippen LogP contribution in [-0.4, -0.2) is 147 Å². The molecule has 4 aromatic rings. The summed E-state index contributed by atoms with van der Waals surface area (Å²) < 4.78 is 10.6. The van der Waals surface area contributed by atoms with Crippen molar-refractivity contribution < 1.29 is 57.4 Å². The van der Waals surface area contributed by atoms with Crippen LogP contribution in [0.2, 0.25) is 0 Å². The smallest absolute Gasteiger partial charge is 0.407 e. The zero-order chi connectivity index (χ0) is 56.1. The first kappa shape index (κ1) is 60.0. The van der Waals surface area contributed by atoms with Crippen LogP contribution in [0.3, 0.4) is 0 Å². The largest absolute Gasteiger partial charge is 0.445 e. The zero-order valence-corrected chi connectivity index (χ0v) is 44.0. The second-order valence-corrected chi connectivity index (χ2v) is 18.6. The van der Waals surface area contributed by atoms with Crippen molar-refractivity contribution in [3.63, 3.8) is 0 Å². The highest BCUT2D eigenvalue weighted by molar-refractivity contribution is 5.97. The summed E-state index contributed by atoms with van der Waals surface area (Å²) in [6.07, 6.45) is -0.0814. The number of nitrogens with zero attached hydrogens (tertiary/aromatic N) is 2. The first-order valence-electron chi connectivity index (χ1n) is 25.8. The molecule has 4 aromatic carbocycles. The second kappa shape index (κ2) is 32.6. The molecule has 8 N–H and O–H groups in total. The number of nitrogens with one attached hydrogen (secondary N) is 8. The SMILES string of the molecule is CN1CC(=O)N[C@@H](CCCCNC(=O)OCc2ccccc2)C(=O)N[C@@H](CCCCNC(=O)OCc2ccccc2)C(=O)NCC(=O)N[C@@H](Cc2ccccc2)C(=O)N[C@@H](Cc2ccccc2)C(=O)NCC(=O)N(C)CC1=O. The highest BCUT2D eigenvalue weighted by atomic mass is 16.6. The van der Waals surface area contributed by atoms with Gasteiger partial charge in [0.05, 0.1) is 26.2 Å². The van der Waals surface area contributed by atoms with E-state index in [1.54, 1.807) is 60.7 Å². The van der Waals surface area contributed by atoms with E-state index in [0.717, 1.165) is 20.9 Å². The standard InChI is InChI=1S/C56H70N10O12/c1-65-35-48(68)61-44(28-16-18-30-58-56(76)78-38-42-25-13-6-14-26-42)53(73)63-43(27-15-17-29-57-55(75)77-37-41-23-11-5-12-24-41)51(71)59-33-47(67)62-46(32-40-21-9-4-10-22-40)54(74)64-45(31-39-19-7-3-8-20-39)52(72)60-34-49(69)66(2)36-50(65)70/h3-14,19-26,43-46H,15-18,27-38H2,1-2H3,(H,57,75)(H,58,76)(H,59,71)(H,60,72)(H,61,68)(H,62,67)(H,63,73)(H,64,74)/t43-,44-,45-,46-/m0/s1. The Kier molecular flexibility index (Phi) is 25.1. The fourth-order valence-electron chi connectivity index (χ4n) is 7.99. The van der Waals surface area contributed by atoms with Gasteiger partial charge in [-0.1, -0.05) is 121 Å². The van der Waals surface area contributed by atoms with Gasteiger partial charge in [-0.25, -0.2) is 9.59 Å². The molecule has 1 heterocycles. The van der Waals surface area contributed by atoms with E-state index in [9.17, 15) is 47.9 Å². The van der Waals surface area contributed by atoms with E-state index in [0.29, 0.717) is 24.0 Å². The first-order valence-corrected chi connectivity index (χ1v) is 25.8. The van der Waals surface area contributed by atoms with Crippen LogP contribution in [0, 0.1) is 0 Å². The number of amides is 10. The summed E-state index contributed by atoms with van der Waals surface area (Å²) in [7, 11) is 2.67. The summed E-state index contributed by atoms with van der Waals surface area (Å²) >= 11 is 0. The number of alkyl carbamates (subject to hydrolysis) is 2. The van der Waals surface area contributed by atoms with Crippen LogP contribution in [-0.2, 0) is 73.9 Å². The summed E-state index contributed by atoms with van der Waals surface area (Å²) in [5.41, 5.74) is 2.93. The number of likely N-dealkylation sites (N-methyl/N-ethyl adjacent to an activating group) is 2. The Balaban J connectivity index is 1.34. The molecule has 1 aliphatic rings. The van der Waals surface area contributed by atoms with Crippen LogP contribution in [0.25, 0.3) is 0 Å². The second-order valence-electron chi connectivity index (χ2n) is 18.6. The molecule has 1 fully saturated rings.